The summed E-state index contributed by atoms with van der Waals surface area (Å²) in [6, 6.07) is 0.267. The van der Waals surface area contributed by atoms with E-state index >= 15 is 0 Å². The molecule has 0 bridgehead atoms. The maximum Gasteiger partial charge on any atom is 0.322 e. The van der Waals surface area contributed by atoms with Crippen LogP contribution in [-0.2, 0) is 9.53 Å². The van der Waals surface area contributed by atoms with Crippen molar-refractivity contribution in [2.24, 2.45) is 0 Å². The minimum absolute atomic E-state index is 0.182. The molecule has 0 spiro atoms. The van der Waals surface area contributed by atoms with E-state index in [2.05, 4.69) is 15.4 Å². The van der Waals surface area contributed by atoms with Crippen molar-refractivity contribution in [3.8, 4) is 0 Å². The number of carbonyl (C=O) groups is 1. The zero-order valence-electron chi connectivity index (χ0n) is 8.30. The van der Waals surface area contributed by atoms with Crippen molar-refractivity contribution in [1.82, 2.24) is 10.6 Å². The molecule has 1 saturated heterocycles. The molecule has 0 aliphatic carbocycles. The summed E-state index contributed by atoms with van der Waals surface area (Å²) in [5.74, 6) is -0.182. The Morgan fingerprint density at radius 3 is 2.69 bits per heavy atom. The minimum Gasteiger partial charge on any atom is -0.468 e. The highest BCUT2D eigenvalue weighted by atomic mass is 16.5. The summed E-state index contributed by atoms with van der Waals surface area (Å²) in [5.41, 5.74) is 0. The van der Waals surface area contributed by atoms with Crippen LogP contribution in [-0.4, -0.2) is 38.3 Å². The summed E-state index contributed by atoms with van der Waals surface area (Å²) in [4.78, 5) is 11.1. The van der Waals surface area contributed by atoms with Gasteiger partial charge in [0.05, 0.1) is 7.11 Å². The van der Waals surface area contributed by atoms with Crippen molar-refractivity contribution >= 4 is 5.97 Å². The van der Waals surface area contributed by atoms with E-state index in [1.165, 1.54) is 7.11 Å². The smallest absolute Gasteiger partial charge is 0.322 e. The Hall–Kier alpha value is -0.610. The zero-order chi connectivity index (χ0) is 9.68. The first-order valence-corrected chi connectivity index (χ1v) is 4.78. The second-order valence-electron chi connectivity index (χ2n) is 3.44. The number of hydrogen-bond donors (Lipinski definition) is 2. The predicted molar refractivity (Wildman–Crippen MR) is 50.5 cm³/mol. The average molecular weight is 186 g/mol. The Bertz CT molecular complexity index is 167. The lowest BCUT2D eigenvalue weighted by Gasteiger charge is -2.26. The predicted octanol–water partition coefficient (Wildman–Crippen LogP) is -0.111. The van der Waals surface area contributed by atoms with Gasteiger partial charge in [-0.25, -0.2) is 0 Å². The van der Waals surface area contributed by atoms with Crippen molar-refractivity contribution in [3.05, 3.63) is 0 Å². The van der Waals surface area contributed by atoms with Crippen LogP contribution in [0.3, 0.4) is 0 Å². The van der Waals surface area contributed by atoms with Crippen LogP contribution in [0.5, 0.6) is 0 Å². The largest absolute Gasteiger partial charge is 0.468 e. The summed E-state index contributed by atoms with van der Waals surface area (Å²) >= 11 is 0. The SMILES string of the molecule is COC(=O)[C@H](C)NC1CCNCC1. The van der Waals surface area contributed by atoms with Crippen LogP contribution in [0, 0.1) is 0 Å². The second-order valence-corrected chi connectivity index (χ2v) is 3.44. The third-order valence-electron chi connectivity index (χ3n) is 2.38. The Morgan fingerprint density at radius 1 is 1.54 bits per heavy atom. The molecule has 1 atom stereocenters. The van der Waals surface area contributed by atoms with Gasteiger partial charge >= 0.3 is 5.97 Å². The number of ether oxygens (including phenoxy) is 1. The van der Waals surface area contributed by atoms with Crippen LogP contribution in [0.2, 0.25) is 0 Å². The fourth-order valence-corrected chi connectivity index (χ4v) is 1.59. The van der Waals surface area contributed by atoms with E-state index in [1.54, 1.807) is 0 Å². The molecule has 0 unspecified atom stereocenters. The maximum atomic E-state index is 11.1. The van der Waals surface area contributed by atoms with Gasteiger partial charge in [0.25, 0.3) is 0 Å². The first kappa shape index (κ1) is 10.5. The number of methoxy groups -OCH3 is 1. The summed E-state index contributed by atoms with van der Waals surface area (Å²) in [5, 5.41) is 6.53. The Balaban J connectivity index is 2.25. The molecule has 13 heavy (non-hydrogen) atoms. The molecule has 4 nitrogen and oxygen atoms in total. The lowest BCUT2D eigenvalue weighted by atomic mass is 10.1. The lowest BCUT2D eigenvalue weighted by Crippen LogP contribution is -2.46. The van der Waals surface area contributed by atoms with Gasteiger partial charge in [-0.1, -0.05) is 0 Å². The maximum absolute atomic E-state index is 11.1. The molecule has 0 radical (unpaired) electrons. The number of piperidine rings is 1. The summed E-state index contributed by atoms with van der Waals surface area (Å²) < 4.78 is 4.64. The summed E-state index contributed by atoms with van der Waals surface area (Å²) in [6.45, 7) is 3.91. The van der Waals surface area contributed by atoms with Gasteiger partial charge in [0.2, 0.25) is 0 Å². The molecule has 1 rings (SSSR count). The molecule has 1 aliphatic rings. The van der Waals surface area contributed by atoms with Crippen molar-refractivity contribution < 1.29 is 9.53 Å². The van der Waals surface area contributed by atoms with Gasteiger partial charge in [0.1, 0.15) is 6.04 Å². The van der Waals surface area contributed by atoms with Gasteiger partial charge in [-0.2, -0.15) is 0 Å². The van der Waals surface area contributed by atoms with Crippen LogP contribution in [0.1, 0.15) is 19.8 Å². The molecule has 0 aromatic carbocycles. The van der Waals surface area contributed by atoms with E-state index in [4.69, 9.17) is 0 Å². The molecule has 0 aromatic heterocycles. The second kappa shape index (κ2) is 5.19. The Labute approximate surface area is 79.0 Å². The molecule has 0 amide bonds. The van der Waals surface area contributed by atoms with E-state index in [9.17, 15) is 4.79 Å². The van der Waals surface area contributed by atoms with Crippen LogP contribution in [0.25, 0.3) is 0 Å². The van der Waals surface area contributed by atoms with Gasteiger partial charge in [-0.3, -0.25) is 4.79 Å². The zero-order valence-corrected chi connectivity index (χ0v) is 8.30. The molecular weight excluding hydrogens is 168 g/mol. The van der Waals surface area contributed by atoms with Gasteiger partial charge in [-0.05, 0) is 32.9 Å². The molecule has 2 N–H and O–H groups in total. The van der Waals surface area contributed by atoms with E-state index in [0.29, 0.717) is 6.04 Å². The average Bonchev–Trinajstić information content (AvgIpc) is 2.18. The number of rotatable bonds is 3. The lowest BCUT2D eigenvalue weighted by molar-refractivity contribution is -0.142. The van der Waals surface area contributed by atoms with Crippen molar-refractivity contribution in [1.29, 1.82) is 0 Å². The minimum atomic E-state index is -0.187. The number of nitrogens with one attached hydrogen (secondary N) is 2. The summed E-state index contributed by atoms with van der Waals surface area (Å²) in [7, 11) is 1.42. The highest BCUT2D eigenvalue weighted by Crippen LogP contribution is 2.03. The van der Waals surface area contributed by atoms with E-state index < -0.39 is 0 Å². The monoisotopic (exact) mass is 186 g/mol. The number of carbonyl (C=O) groups excluding carboxylic acids is 1. The highest BCUT2D eigenvalue weighted by molar-refractivity contribution is 5.75. The van der Waals surface area contributed by atoms with Gasteiger partial charge in [0.15, 0.2) is 0 Å². The molecule has 4 heteroatoms. The first-order valence-electron chi connectivity index (χ1n) is 4.78. The normalized spacial score (nSPS) is 21.1. The first-order chi connectivity index (χ1) is 6.24. The van der Waals surface area contributed by atoms with Crippen molar-refractivity contribution in [2.75, 3.05) is 20.2 Å². The number of hydrogen-bond acceptors (Lipinski definition) is 4. The van der Waals surface area contributed by atoms with Crippen molar-refractivity contribution in [2.45, 2.75) is 31.8 Å². The van der Waals surface area contributed by atoms with E-state index in [0.717, 1.165) is 25.9 Å². The molecule has 1 aliphatic heterocycles. The van der Waals surface area contributed by atoms with Crippen LogP contribution in [0.15, 0.2) is 0 Å². The van der Waals surface area contributed by atoms with E-state index in [1.807, 2.05) is 6.92 Å². The molecule has 76 valence electrons. The van der Waals surface area contributed by atoms with Gasteiger partial charge < -0.3 is 15.4 Å². The van der Waals surface area contributed by atoms with Crippen molar-refractivity contribution in [3.63, 3.8) is 0 Å². The third-order valence-corrected chi connectivity index (χ3v) is 2.38. The van der Waals surface area contributed by atoms with Gasteiger partial charge in [-0.15, -0.1) is 0 Å². The van der Waals surface area contributed by atoms with Crippen LogP contribution < -0.4 is 10.6 Å². The quantitative estimate of drug-likeness (QED) is 0.604. The molecular formula is C9H18N2O2. The van der Waals surface area contributed by atoms with Crippen LogP contribution in [0.4, 0.5) is 0 Å². The topological polar surface area (TPSA) is 50.4 Å². The Kier molecular flexibility index (Phi) is 4.18. The molecule has 1 fully saturated rings. The fraction of sp³-hybridized carbons (Fsp3) is 0.889. The third kappa shape index (κ3) is 3.32. The van der Waals surface area contributed by atoms with E-state index in [-0.39, 0.29) is 12.0 Å². The standard InChI is InChI=1S/C9H18N2O2/c1-7(9(12)13-2)11-8-3-5-10-6-4-8/h7-8,10-11H,3-6H2,1-2H3/t7-/m0/s1. The Morgan fingerprint density at radius 2 is 2.15 bits per heavy atom. The molecule has 0 aromatic rings. The highest BCUT2D eigenvalue weighted by Gasteiger charge is 2.19. The summed E-state index contributed by atoms with van der Waals surface area (Å²) in [6.07, 6.45) is 2.17. The number of esters is 1. The van der Waals surface area contributed by atoms with Crippen LogP contribution >= 0.6 is 0 Å². The molecule has 1 heterocycles. The fourth-order valence-electron chi connectivity index (χ4n) is 1.59. The van der Waals surface area contributed by atoms with Gasteiger partial charge in [0, 0.05) is 6.04 Å². The molecule has 0 saturated carbocycles.